The third kappa shape index (κ3) is 5.34. The zero-order chi connectivity index (χ0) is 19.4. The number of amides is 1. The zero-order valence-corrected chi connectivity index (χ0v) is 16.5. The van der Waals surface area contributed by atoms with Gasteiger partial charge in [-0.15, -0.1) is 0 Å². The molecule has 1 N–H and O–H groups in total. The molecular formula is C20H21Cl2FN2O2. The minimum atomic E-state index is -0.573. The molecule has 1 heterocycles. The number of rotatable bonds is 5. The second kappa shape index (κ2) is 8.91. The highest BCUT2D eigenvalue weighted by Crippen LogP contribution is 2.33. The van der Waals surface area contributed by atoms with E-state index < -0.39 is 11.9 Å². The van der Waals surface area contributed by atoms with E-state index in [0.29, 0.717) is 39.5 Å². The first-order valence-corrected chi connectivity index (χ1v) is 9.58. The summed E-state index contributed by atoms with van der Waals surface area (Å²) < 4.78 is 19.1. The van der Waals surface area contributed by atoms with Crippen molar-refractivity contribution in [2.75, 3.05) is 25.5 Å². The van der Waals surface area contributed by atoms with Gasteiger partial charge in [0.2, 0.25) is 0 Å². The van der Waals surface area contributed by atoms with Crippen molar-refractivity contribution >= 4 is 35.0 Å². The fourth-order valence-corrected chi connectivity index (χ4v) is 3.88. The van der Waals surface area contributed by atoms with Gasteiger partial charge in [0, 0.05) is 21.7 Å². The summed E-state index contributed by atoms with van der Waals surface area (Å²) in [5, 5.41) is 3.54. The summed E-state index contributed by atoms with van der Waals surface area (Å²) in [6.45, 7) is 1.42. The highest BCUT2D eigenvalue weighted by atomic mass is 35.5. The molecule has 0 aromatic heterocycles. The smallest absolute Gasteiger partial charge is 0.411 e. The third-order valence-electron chi connectivity index (χ3n) is 4.75. The van der Waals surface area contributed by atoms with Crippen LogP contribution in [0, 0.1) is 5.82 Å². The van der Waals surface area contributed by atoms with E-state index in [0.717, 1.165) is 19.4 Å². The van der Waals surface area contributed by atoms with Crippen LogP contribution in [0.3, 0.4) is 0 Å². The van der Waals surface area contributed by atoms with Crippen LogP contribution in [0.1, 0.15) is 19.3 Å². The van der Waals surface area contributed by atoms with Gasteiger partial charge in [-0.05, 0) is 74.8 Å². The lowest BCUT2D eigenvalue weighted by atomic mass is 10.0. The molecule has 1 aliphatic heterocycles. The number of halogens is 3. The lowest BCUT2D eigenvalue weighted by Crippen LogP contribution is -2.27. The number of carbonyl (C=O) groups excluding carboxylic acids is 1. The van der Waals surface area contributed by atoms with Gasteiger partial charge in [0.05, 0.1) is 12.3 Å². The molecule has 27 heavy (non-hydrogen) atoms. The fourth-order valence-electron chi connectivity index (χ4n) is 3.35. The number of hydrogen-bond acceptors (Lipinski definition) is 3. The van der Waals surface area contributed by atoms with Gasteiger partial charge in [0.25, 0.3) is 0 Å². The lowest BCUT2D eigenvalue weighted by molar-refractivity contribution is 0.147. The fraction of sp³-hybridized carbons (Fsp3) is 0.350. The molecule has 7 heteroatoms. The first-order chi connectivity index (χ1) is 12.9. The summed E-state index contributed by atoms with van der Waals surface area (Å²) in [4.78, 5) is 14.5. The number of nitrogens with zero attached hydrogens (tertiary/aromatic N) is 1. The van der Waals surface area contributed by atoms with Crippen molar-refractivity contribution in [2.24, 2.45) is 0 Å². The van der Waals surface area contributed by atoms with Crippen LogP contribution < -0.4 is 5.32 Å². The molecule has 2 aromatic carbocycles. The highest BCUT2D eigenvalue weighted by molar-refractivity contribution is 6.35. The maximum atomic E-state index is 13.8. The van der Waals surface area contributed by atoms with Gasteiger partial charge < -0.3 is 9.64 Å². The van der Waals surface area contributed by atoms with E-state index in [1.807, 2.05) is 0 Å². The average molecular weight is 411 g/mol. The van der Waals surface area contributed by atoms with E-state index in [9.17, 15) is 9.18 Å². The second-order valence-electron chi connectivity index (χ2n) is 6.67. The van der Waals surface area contributed by atoms with Gasteiger partial charge in [-0.3, -0.25) is 5.32 Å². The number of likely N-dealkylation sites (tertiary alicyclic amines) is 1. The number of hydrogen-bond donors (Lipinski definition) is 1. The standard InChI is InChI=1S/C20H21Cl2FN2O2/c1-25-7-2-3-17(25)6-8-27-20(26)24-19-5-4-16(23)12-18(19)13-9-14(21)11-15(22)10-13/h4-5,9-12,17H,2-3,6-8H2,1H3,(H,24,26). The van der Waals surface area contributed by atoms with Gasteiger partial charge in [0.1, 0.15) is 5.82 Å². The van der Waals surface area contributed by atoms with Crippen molar-refractivity contribution < 1.29 is 13.9 Å². The van der Waals surface area contributed by atoms with Gasteiger partial charge in [0.15, 0.2) is 0 Å². The predicted molar refractivity (Wildman–Crippen MR) is 107 cm³/mol. The summed E-state index contributed by atoms with van der Waals surface area (Å²) in [6.07, 6.45) is 2.52. The van der Waals surface area contributed by atoms with Crippen LogP contribution >= 0.6 is 23.2 Å². The molecule has 1 amide bonds. The molecule has 3 rings (SSSR count). The van der Waals surface area contributed by atoms with Crippen LogP contribution in [0.25, 0.3) is 11.1 Å². The van der Waals surface area contributed by atoms with Gasteiger partial charge in [-0.25, -0.2) is 9.18 Å². The Morgan fingerprint density at radius 2 is 2.00 bits per heavy atom. The van der Waals surface area contributed by atoms with Crippen LogP contribution in [0.15, 0.2) is 36.4 Å². The van der Waals surface area contributed by atoms with Crippen LogP contribution in [-0.4, -0.2) is 37.2 Å². The number of anilines is 1. The second-order valence-corrected chi connectivity index (χ2v) is 7.55. The molecule has 1 aliphatic rings. The average Bonchev–Trinajstić information content (AvgIpc) is 3.01. The van der Waals surface area contributed by atoms with E-state index in [1.165, 1.54) is 24.6 Å². The summed E-state index contributed by atoms with van der Waals surface area (Å²) in [5.74, 6) is -0.427. The topological polar surface area (TPSA) is 41.6 Å². The molecule has 0 bridgehead atoms. The van der Waals surface area contributed by atoms with E-state index in [1.54, 1.807) is 18.2 Å². The maximum Gasteiger partial charge on any atom is 0.411 e. The minimum Gasteiger partial charge on any atom is -0.449 e. The minimum absolute atomic E-state index is 0.334. The molecular weight excluding hydrogens is 390 g/mol. The number of benzene rings is 2. The van der Waals surface area contributed by atoms with Crippen LogP contribution in [0.5, 0.6) is 0 Å². The van der Waals surface area contributed by atoms with E-state index in [4.69, 9.17) is 27.9 Å². The summed E-state index contributed by atoms with van der Waals surface area (Å²) >= 11 is 12.1. The molecule has 0 radical (unpaired) electrons. The summed E-state index contributed by atoms with van der Waals surface area (Å²) in [7, 11) is 2.08. The Balaban J connectivity index is 1.68. The molecule has 0 aliphatic carbocycles. The van der Waals surface area contributed by atoms with Gasteiger partial charge in [-0.2, -0.15) is 0 Å². The first-order valence-electron chi connectivity index (χ1n) is 8.82. The monoisotopic (exact) mass is 410 g/mol. The Morgan fingerprint density at radius 3 is 2.67 bits per heavy atom. The SMILES string of the molecule is CN1CCCC1CCOC(=O)Nc1ccc(F)cc1-c1cc(Cl)cc(Cl)c1. The Hall–Kier alpha value is -1.82. The van der Waals surface area contributed by atoms with E-state index in [2.05, 4.69) is 17.3 Å². The number of nitrogens with one attached hydrogen (secondary N) is 1. The molecule has 1 fully saturated rings. The van der Waals surface area contributed by atoms with E-state index >= 15 is 0 Å². The van der Waals surface area contributed by atoms with Crippen LogP contribution in [0.2, 0.25) is 10.0 Å². The van der Waals surface area contributed by atoms with Crippen LogP contribution in [-0.2, 0) is 4.74 Å². The molecule has 144 valence electrons. The predicted octanol–water partition coefficient (Wildman–Crippen LogP) is 5.83. The van der Waals surface area contributed by atoms with Gasteiger partial charge >= 0.3 is 6.09 Å². The van der Waals surface area contributed by atoms with Crippen LogP contribution in [0.4, 0.5) is 14.9 Å². The molecule has 2 aromatic rings. The summed E-state index contributed by atoms with van der Waals surface area (Å²) in [6, 6.07) is 9.46. The molecule has 1 saturated heterocycles. The first kappa shape index (κ1) is 19.9. The quantitative estimate of drug-likeness (QED) is 0.673. The largest absolute Gasteiger partial charge is 0.449 e. The Kier molecular flexibility index (Phi) is 6.58. The van der Waals surface area contributed by atoms with Crippen molar-refractivity contribution in [1.29, 1.82) is 0 Å². The van der Waals surface area contributed by atoms with Crippen molar-refractivity contribution in [2.45, 2.75) is 25.3 Å². The maximum absolute atomic E-state index is 13.8. The number of carbonyl (C=O) groups is 1. The van der Waals surface area contributed by atoms with Crippen molar-refractivity contribution in [1.82, 2.24) is 4.90 Å². The molecule has 1 atom stereocenters. The van der Waals surface area contributed by atoms with E-state index in [-0.39, 0.29) is 0 Å². The number of ether oxygens (including phenoxy) is 1. The highest BCUT2D eigenvalue weighted by Gasteiger charge is 2.21. The van der Waals surface area contributed by atoms with Crippen molar-refractivity contribution in [3.63, 3.8) is 0 Å². The van der Waals surface area contributed by atoms with Gasteiger partial charge in [-0.1, -0.05) is 23.2 Å². The molecule has 0 spiro atoms. The normalized spacial score (nSPS) is 17.1. The Labute approximate surface area is 168 Å². The third-order valence-corrected chi connectivity index (χ3v) is 5.18. The molecule has 0 saturated carbocycles. The molecule has 1 unspecified atom stereocenters. The zero-order valence-electron chi connectivity index (χ0n) is 15.0. The molecule has 4 nitrogen and oxygen atoms in total. The van der Waals surface area contributed by atoms with Crippen molar-refractivity contribution in [3.8, 4) is 11.1 Å². The Morgan fingerprint density at radius 1 is 1.26 bits per heavy atom. The van der Waals surface area contributed by atoms with Crippen molar-refractivity contribution in [3.05, 3.63) is 52.3 Å². The Bertz CT molecular complexity index is 811. The lowest BCUT2D eigenvalue weighted by Gasteiger charge is -2.19. The summed E-state index contributed by atoms with van der Waals surface area (Å²) in [5.41, 5.74) is 1.51.